The summed E-state index contributed by atoms with van der Waals surface area (Å²) in [6, 6.07) is 15.0. The molecule has 0 saturated heterocycles. The van der Waals surface area contributed by atoms with Gasteiger partial charge in [-0.25, -0.2) is 8.42 Å². The number of rotatable bonds is 6. The number of sulfonamides is 1. The van der Waals surface area contributed by atoms with Gasteiger partial charge in [0.25, 0.3) is 0 Å². The molecule has 1 atom stereocenters. The van der Waals surface area contributed by atoms with Crippen LogP contribution in [0.5, 0.6) is 0 Å². The molecule has 2 rings (SSSR count). The Hall–Kier alpha value is -1.89. The SMILES string of the molecule is CN([C@H](C(=O)NCc1ccc(Cl)cc1)c1ccccc1)S(C)(=O)=O. The van der Waals surface area contributed by atoms with E-state index in [9.17, 15) is 13.2 Å². The van der Waals surface area contributed by atoms with Crippen LogP contribution in [0.4, 0.5) is 0 Å². The zero-order valence-corrected chi connectivity index (χ0v) is 15.0. The van der Waals surface area contributed by atoms with E-state index in [-0.39, 0.29) is 12.5 Å². The maximum Gasteiger partial charge on any atom is 0.243 e. The highest BCUT2D eigenvalue weighted by atomic mass is 35.5. The van der Waals surface area contributed by atoms with Gasteiger partial charge in [-0.15, -0.1) is 0 Å². The van der Waals surface area contributed by atoms with Crippen LogP contribution < -0.4 is 5.32 Å². The molecule has 0 aliphatic heterocycles. The van der Waals surface area contributed by atoms with Crippen LogP contribution in [0.25, 0.3) is 0 Å². The summed E-state index contributed by atoms with van der Waals surface area (Å²) >= 11 is 5.84. The van der Waals surface area contributed by atoms with Crippen molar-refractivity contribution in [3.05, 3.63) is 70.7 Å². The second-order valence-corrected chi connectivity index (χ2v) is 7.92. The fourth-order valence-electron chi connectivity index (χ4n) is 2.24. The number of hydrogen-bond acceptors (Lipinski definition) is 3. The zero-order valence-electron chi connectivity index (χ0n) is 13.4. The fourth-order valence-corrected chi connectivity index (χ4v) is 2.97. The maximum atomic E-state index is 12.6. The van der Waals surface area contributed by atoms with Crippen LogP contribution in [0.2, 0.25) is 5.02 Å². The number of likely N-dealkylation sites (N-methyl/N-ethyl adjacent to an activating group) is 1. The van der Waals surface area contributed by atoms with E-state index in [1.54, 1.807) is 48.5 Å². The summed E-state index contributed by atoms with van der Waals surface area (Å²) in [6.45, 7) is 0.289. The molecular formula is C17H19ClN2O3S. The van der Waals surface area contributed by atoms with Gasteiger partial charge in [0.2, 0.25) is 15.9 Å². The van der Waals surface area contributed by atoms with Crippen molar-refractivity contribution in [1.29, 1.82) is 0 Å². The lowest BCUT2D eigenvalue weighted by Gasteiger charge is -2.25. The standard InChI is InChI=1S/C17H19ClN2O3S/c1-20(24(2,22)23)16(14-6-4-3-5-7-14)17(21)19-12-13-8-10-15(18)11-9-13/h3-11,16H,12H2,1-2H3,(H,19,21)/t16-/m0/s1. The molecule has 0 spiro atoms. The summed E-state index contributed by atoms with van der Waals surface area (Å²) in [7, 11) is -2.13. The minimum absolute atomic E-state index is 0.289. The van der Waals surface area contributed by atoms with Gasteiger partial charge in [-0.05, 0) is 23.3 Å². The molecule has 0 radical (unpaired) electrons. The molecular weight excluding hydrogens is 348 g/mol. The number of hydrogen-bond donors (Lipinski definition) is 1. The molecule has 1 N–H and O–H groups in total. The number of nitrogens with zero attached hydrogens (tertiary/aromatic N) is 1. The highest BCUT2D eigenvalue weighted by Gasteiger charge is 2.30. The van der Waals surface area contributed by atoms with Crippen molar-refractivity contribution in [2.45, 2.75) is 12.6 Å². The van der Waals surface area contributed by atoms with Gasteiger partial charge in [0, 0.05) is 18.6 Å². The molecule has 0 heterocycles. The molecule has 24 heavy (non-hydrogen) atoms. The topological polar surface area (TPSA) is 66.5 Å². The highest BCUT2D eigenvalue weighted by molar-refractivity contribution is 7.88. The van der Waals surface area contributed by atoms with E-state index in [4.69, 9.17) is 11.6 Å². The Kier molecular flexibility index (Phi) is 5.99. The first kappa shape index (κ1) is 18.4. The van der Waals surface area contributed by atoms with Gasteiger partial charge in [0.15, 0.2) is 0 Å². The third-order valence-electron chi connectivity index (χ3n) is 3.63. The Morgan fingerprint density at radius 2 is 1.71 bits per heavy atom. The van der Waals surface area contributed by atoms with Crippen molar-refractivity contribution in [3.8, 4) is 0 Å². The van der Waals surface area contributed by atoms with Crippen molar-refractivity contribution in [3.63, 3.8) is 0 Å². The van der Waals surface area contributed by atoms with Gasteiger partial charge in [-0.3, -0.25) is 4.79 Å². The van der Waals surface area contributed by atoms with E-state index >= 15 is 0 Å². The van der Waals surface area contributed by atoms with Gasteiger partial charge in [-0.2, -0.15) is 4.31 Å². The largest absolute Gasteiger partial charge is 0.350 e. The maximum absolute atomic E-state index is 12.6. The molecule has 1 amide bonds. The van der Waals surface area contributed by atoms with E-state index in [2.05, 4.69) is 5.32 Å². The molecule has 5 nitrogen and oxygen atoms in total. The van der Waals surface area contributed by atoms with Gasteiger partial charge in [0.1, 0.15) is 6.04 Å². The number of amides is 1. The average molecular weight is 367 g/mol. The molecule has 7 heteroatoms. The molecule has 128 valence electrons. The smallest absolute Gasteiger partial charge is 0.243 e. The van der Waals surface area contributed by atoms with Crippen LogP contribution in [0.3, 0.4) is 0 Å². The monoisotopic (exact) mass is 366 g/mol. The van der Waals surface area contributed by atoms with E-state index in [1.807, 2.05) is 6.07 Å². The summed E-state index contributed by atoms with van der Waals surface area (Å²) < 4.78 is 24.9. The van der Waals surface area contributed by atoms with E-state index in [1.165, 1.54) is 7.05 Å². The minimum Gasteiger partial charge on any atom is -0.350 e. The number of halogens is 1. The third kappa shape index (κ3) is 4.80. The predicted octanol–water partition coefficient (Wildman–Crippen LogP) is 2.59. The van der Waals surface area contributed by atoms with Crippen LogP contribution in [0.15, 0.2) is 54.6 Å². The van der Waals surface area contributed by atoms with E-state index < -0.39 is 16.1 Å². The van der Waals surface area contributed by atoms with Crippen molar-refractivity contribution >= 4 is 27.5 Å². The fraction of sp³-hybridized carbons (Fsp3) is 0.235. The molecule has 0 aromatic heterocycles. The molecule has 0 saturated carbocycles. The minimum atomic E-state index is -3.53. The van der Waals surface area contributed by atoms with Crippen molar-refractivity contribution in [1.82, 2.24) is 9.62 Å². The second kappa shape index (κ2) is 7.79. The summed E-state index contributed by atoms with van der Waals surface area (Å²) in [6.07, 6.45) is 1.08. The third-order valence-corrected chi connectivity index (χ3v) is 5.14. The average Bonchev–Trinajstić information content (AvgIpc) is 2.54. The molecule has 2 aromatic carbocycles. The Balaban J connectivity index is 2.20. The van der Waals surface area contributed by atoms with Crippen molar-refractivity contribution < 1.29 is 13.2 Å². The van der Waals surface area contributed by atoms with Crippen LogP contribution in [-0.4, -0.2) is 31.9 Å². The first-order valence-corrected chi connectivity index (χ1v) is 9.52. The van der Waals surface area contributed by atoms with Crippen LogP contribution in [0.1, 0.15) is 17.2 Å². The quantitative estimate of drug-likeness (QED) is 0.854. The van der Waals surface area contributed by atoms with Crippen LogP contribution >= 0.6 is 11.6 Å². The van der Waals surface area contributed by atoms with Gasteiger partial charge in [0.05, 0.1) is 6.26 Å². The summed E-state index contributed by atoms with van der Waals surface area (Å²) in [5, 5.41) is 3.40. The molecule has 0 aliphatic rings. The lowest BCUT2D eigenvalue weighted by molar-refractivity contribution is -0.124. The number of nitrogens with one attached hydrogen (secondary N) is 1. The summed E-state index contributed by atoms with van der Waals surface area (Å²) in [5.41, 5.74) is 1.49. The first-order chi connectivity index (χ1) is 11.3. The van der Waals surface area contributed by atoms with Crippen molar-refractivity contribution in [2.24, 2.45) is 0 Å². The summed E-state index contributed by atoms with van der Waals surface area (Å²) in [4.78, 5) is 12.6. The number of benzene rings is 2. The summed E-state index contributed by atoms with van der Waals surface area (Å²) in [5.74, 6) is -0.385. The second-order valence-electron chi connectivity index (χ2n) is 5.44. The van der Waals surface area contributed by atoms with Gasteiger partial charge < -0.3 is 5.32 Å². The van der Waals surface area contributed by atoms with Gasteiger partial charge >= 0.3 is 0 Å². The Bertz CT molecular complexity index is 792. The zero-order chi connectivity index (χ0) is 17.7. The Labute approximate surface area is 147 Å². The lowest BCUT2D eigenvalue weighted by atomic mass is 10.1. The molecule has 0 aliphatic carbocycles. The molecule has 0 unspecified atom stereocenters. The Morgan fingerprint density at radius 1 is 1.12 bits per heavy atom. The molecule has 0 fully saturated rings. The molecule has 0 bridgehead atoms. The predicted molar refractivity (Wildman–Crippen MR) is 95.1 cm³/mol. The van der Waals surface area contributed by atoms with Crippen LogP contribution in [0, 0.1) is 0 Å². The van der Waals surface area contributed by atoms with Crippen LogP contribution in [-0.2, 0) is 21.4 Å². The highest BCUT2D eigenvalue weighted by Crippen LogP contribution is 2.22. The lowest BCUT2D eigenvalue weighted by Crippen LogP contribution is -2.41. The molecule has 2 aromatic rings. The van der Waals surface area contributed by atoms with Gasteiger partial charge in [-0.1, -0.05) is 54.1 Å². The number of carbonyl (C=O) groups excluding carboxylic acids is 1. The first-order valence-electron chi connectivity index (χ1n) is 7.29. The number of carbonyl (C=O) groups is 1. The van der Waals surface area contributed by atoms with Crippen molar-refractivity contribution in [2.75, 3.05) is 13.3 Å². The van der Waals surface area contributed by atoms with E-state index in [0.717, 1.165) is 16.1 Å². The van der Waals surface area contributed by atoms with E-state index in [0.29, 0.717) is 10.6 Å². The normalized spacial score (nSPS) is 12.8. The Morgan fingerprint density at radius 3 is 2.25 bits per heavy atom.